The fourth-order valence-corrected chi connectivity index (χ4v) is 1.75. The van der Waals surface area contributed by atoms with Gasteiger partial charge in [0, 0.05) is 12.2 Å². The lowest BCUT2D eigenvalue weighted by Crippen LogP contribution is -2.09. The Kier molecular flexibility index (Phi) is 4.64. The first-order valence-electron chi connectivity index (χ1n) is 6.33. The molecule has 21 heavy (non-hydrogen) atoms. The van der Waals surface area contributed by atoms with Gasteiger partial charge in [-0.1, -0.05) is 0 Å². The topological polar surface area (TPSA) is 53.4 Å². The molecule has 1 heterocycles. The van der Waals surface area contributed by atoms with E-state index in [1.807, 2.05) is 6.92 Å². The van der Waals surface area contributed by atoms with Crippen molar-refractivity contribution >= 4 is 6.29 Å². The second-order valence-electron chi connectivity index (χ2n) is 4.24. The van der Waals surface area contributed by atoms with E-state index in [1.165, 1.54) is 17.1 Å². The molecule has 1 aromatic heterocycles. The lowest BCUT2D eigenvalue weighted by molar-refractivity contribution is 0.0158. The van der Waals surface area contributed by atoms with Gasteiger partial charge in [0.25, 0.3) is 0 Å². The lowest BCUT2D eigenvalue weighted by Gasteiger charge is -2.11. The Balaban J connectivity index is 2.21. The Hall–Kier alpha value is -2.28. The van der Waals surface area contributed by atoms with Gasteiger partial charge in [-0.15, -0.1) is 0 Å². The first kappa shape index (κ1) is 15.1. The number of hydrogen-bond donors (Lipinski definition) is 0. The minimum Gasteiger partial charge on any atom is -0.448 e. The fourth-order valence-electron chi connectivity index (χ4n) is 1.75. The van der Waals surface area contributed by atoms with Crippen LogP contribution in [0.4, 0.5) is 8.78 Å². The summed E-state index contributed by atoms with van der Waals surface area (Å²) in [6.07, 6.45) is 2.83. The van der Waals surface area contributed by atoms with E-state index in [0.29, 0.717) is 12.9 Å². The second-order valence-corrected chi connectivity index (χ2v) is 4.24. The maximum absolute atomic E-state index is 13.7. The predicted molar refractivity (Wildman–Crippen MR) is 70.4 cm³/mol. The van der Waals surface area contributed by atoms with Gasteiger partial charge in [-0.2, -0.15) is 5.10 Å². The maximum atomic E-state index is 13.7. The molecule has 1 unspecified atom stereocenters. The van der Waals surface area contributed by atoms with Gasteiger partial charge in [0.1, 0.15) is 12.5 Å². The number of nitrogens with zero attached hydrogens (tertiary/aromatic N) is 2. The van der Waals surface area contributed by atoms with Crippen molar-refractivity contribution in [2.24, 2.45) is 0 Å². The molecule has 0 saturated heterocycles. The van der Waals surface area contributed by atoms with Gasteiger partial charge in [-0.05, 0) is 26.0 Å². The Bertz CT molecular complexity index is 620. The molecular weight excluding hydrogens is 282 g/mol. The molecule has 0 N–H and O–H groups in total. The highest BCUT2D eigenvalue weighted by Crippen LogP contribution is 2.28. The van der Waals surface area contributed by atoms with Crippen molar-refractivity contribution in [2.75, 3.05) is 6.61 Å². The SMILES string of the molecule is CCOC(C)n1cc(Oc2c(F)cc(C=O)cc2F)cn1. The summed E-state index contributed by atoms with van der Waals surface area (Å²) in [5, 5.41) is 3.99. The van der Waals surface area contributed by atoms with Crippen molar-refractivity contribution in [3.8, 4) is 11.5 Å². The molecule has 0 radical (unpaired) electrons. The molecule has 1 atom stereocenters. The molecule has 0 saturated carbocycles. The van der Waals surface area contributed by atoms with Gasteiger partial charge in [-0.25, -0.2) is 13.5 Å². The Morgan fingerprint density at radius 1 is 1.38 bits per heavy atom. The number of halogens is 2. The summed E-state index contributed by atoms with van der Waals surface area (Å²) in [7, 11) is 0. The van der Waals surface area contributed by atoms with Crippen molar-refractivity contribution < 1.29 is 23.0 Å². The predicted octanol–water partition coefficient (Wildman–Crippen LogP) is 3.32. The third-order valence-corrected chi connectivity index (χ3v) is 2.73. The van der Waals surface area contributed by atoms with Gasteiger partial charge in [0.2, 0.25) is 0 Å². The number of carbonyl (C=O) groups is 1. The molecule has 2 rings (SSSR count). The summed E-state index contributed by atoms with van der Waals surface area (Å²) in [6.45, 7) is 4.13. The zero-order valence-corrected chi connectivity index (χ0v) is 11.5. The van der Waals surface area contributed by atoms with Crippen molar-refractivity contribution in [1.29, 1.82) is 0 Å². The summed E-state index contributed by atoms with van der Waals surface area (Å²) >= 11 is 0. The van der Waals surface area contributed by atoms with E-state index in [2.05, 4.69) is 5.10 Å². The highest BCUT2D eigenvalue weighted by atomic mass is 19.1. The minimum absolute atomic E-state index is 0.0991. The van der Waals surface area contributed by atoms with Crippen LogP contribution in [0.15, 0.2) is 24.5 Å². The Morgan fingerprint density at radius 2 is 2.05 bits per heavy atom. The van der Waals surface area contributed by atoms with Gasteiger partial charge in [-0.3, -0.25) is 4.79 Å². The molecule has 0 aliphatic carbocycles. The van der Waals surface area contributed by atoms with Crippen LogP contribution in [-0.4, -0.2) is 22.7 Å². The van der Waals surface area contributed by atoms with Gasteiger partial charge >= 0.3 is 0 Å². The monoisotopic (exact) mass is 296 g/mol. The molecule has 5 nitrogen and oxygen atoms in total. The average molecular weight is 296 g/mol. The van der Waals surface area contributed by atoms with Gasteiger partial charge in [0.05, 0.1) is 12.4 Å². The lowest BCUT2D eigenvalue weighted by atomic mass is 10.2. The van der Waals surface area contributed by atoms with Crippen molar-refractivity contribution in [1.82, 2.24) is 9.78 Å². The number of aromatic nitrogens is 2. The Labute approximate surface area is 120 Å². The van der Waals surface area contributed by atoms with Crippen LogP contribution in [0.3, 0.4) is 0 Å². The molecule has 7 heteroatoms. The number of ether oxygens (including phenoxy) is 2. The molecular formula is C14H14F2N2O3. The van der Waals surface area contributed by atoms with E-state index in [4.69, 9.17) is 9.47 Å². The number of hydrogen-bond acceptors (Lipinski definition) is 4. The van der Waals surface area contributed by atoms with E-state index < -0.39 is 17.4 Å². The molecule has 0 spiro atoms. The molecule has 112 valence electrons. The summed E-state index contributed by atoms with van der Waals surface area (Å²) < 4.78 is 39.3. The van der Waals surface area contributed by atoms with Crippen molar-refractivity contribution in [3.05, 3.63) is 41.7 Å². The van der Waals surface area contributed by atoms with Crippen LogP contribution in [0, 0.1) is 11.6 Å². The molecule has 0 amide bonds. The van der Waals surface area contributed by atoms with Gasteiger partial charge < -0.3 is 9.47 Å². The third kappa shape index (κ3) is 3.43. The van der Waals surface area contributed by atoms with E-state index in [0.717, 1.165) is 12.1 Å². The minimum atomic E-state index is -0.956. The molecule has 0 bridgehead atoms. The summed E-state index contributed by atoms with van der Waals surface area (Å²) in [6, 6.07) is 1.80. The zero-order chi connectivity index (χ0) is 15.4. The van der Waals surface area contributed by atoms with E-state index in [-0.39, 0.29) is 17.5 Å². The summed E-state index contributed by atoms with van der Waals surface area (Å²) in [4.78, 5) is 10.5. The first-order chi connectivity index (χ1) is 10.0. The third-order valence-electron chi connectivity index (χ3n) is 2.73. The number of benzene rings is 1. The van der Waals surface area contributed by atoms with Crippen LogP contribution in [0.5, 0.6) is 11.5 Å². The highest BCUT2D eigenvalue weighted by molar-refractivity contribution is 5.75. The van der Waals surface area contributed by atoms with Crippen molar-refractivity contribution in [2.45, 2.75) is 20.1 Å². The molecule has 0 aliphatic heterocycles. The quantitative estimate of drug-likeness (QED) is 0.767. The van der Waals surface area contributed by atoms with Crippen LogP contribution in [0.2, 0.25) is 0 Å². The van der Waals surface area contributed by atoms with E-state index >= 15 is 0 Å². The Morgan fingerprint density at radius 3 is 2.62 bits per heavy atom. The molecule has 1 aromatic carbocycles. The summed E-state index contributed by atoms with van der Waals surface area (Å²) in [5.74, 6) is -2.33. The van der Waals surface area contributed by atoms with E-state index in [9.17, 15) is 13.6 Å². The van der Waals surface area contributed by atoms with Crippen LogP contribution in [0.1, 0.15) is 30.4 Å². The van der Waals surface area contributed by atoms with Crippen molar-refractivity contribution in [3.63, 3.8) is 0 Å². The van der Waals surface area contributed by atoms with Crippen LogP contribution >= 0.6 is 0 Å². The average Bonchev–Trinajstić information content (AvgIpc) is 2.91. The normalized spacial score (nSPS) is 12.2. The molecule has 0 fully saturated rings. The second kappa shape index (κ2) is 6.45. The highest BCUT2D eigenvalue weighted by Gasteiger charge is 2.15. The van der Waals surface area contributed by atoms with Gasteiger partial charge in [0.15, 0.2) is 23.1 Å². The zero-order valence-electron chi connectivity index (χ0n) is 11.5. The van der Waals surface area contributed by atoms with Crippen LogP contribution in [0.25, 0.3) is 0 Å². The fraction of sp³-hybridized carbons (Fsp3) is 0.286. The first-order valence-corrected chi connectivity index (χ1v) is 6.33. The maximum Gasteiger partial charge on any atom is 0.198 e. The number of aldehydes is 1. The van der Waals surface area contributed by atoms with Crippen LogP contribution < -0.4 is 4.74 Å². The van der Waals surface area contributed by atoms with Crippen LogP contribution in [-0.2, 0) is 4.74 Å². The standard InChI is InChI=1S/C14H14F2N2O3/c1-3-20-9(2)18-7-11(6-17-18)21-14-12(15)4-10(8-19)5-13(14)16/h4-9H,3H2,1-2H3. The molecule has 2 aromatic rings. The number of rotatable bonds is 6. The van der Waals surface area contributed by atoms with E-state index in [1.54, 1.807) is 6.92 Å². The largest absolute Gasteiger partial charge is 0.448 e. The smallest absolute Gasteiger partial charge is 0.198 e. The summed E-state index contributed by atoms with van der Waals surface area (Å²) in [5.41, 5.74) is -0.0991. The molecule has 0 aliphatic rings. The number of carbonyl (C=O) groups excluding carboxylic acids is 1.